The summed E-state index contributed by atoms with van der Waals surface area (Å²) in [6, 6.07) is 0.860. The summed E-state index contributed by atoms with van der Waals surface area (Å²) in [5, 5.41) is 12.0. The zero-order valence-corrected chi connectivity index (χ0v) is 10.5. The van der Waals surface area contributed by atoms with E-state index in [1.807, 2.05) is 0 Å². The van der Waals surface area contributed by atoms with Gasteiger partial charge in [-0.2, -0.15) is 13.2 Å². The maximum absolute atomic E-state index is 12.1. The molecular formula is C10H6F6N2O4. The number of amides is 1. The second-order valence-corrected chi connectivity index (χ2v) is 3.89. The number of benzene rings is 1. The molecule has 0 saturated carbocycles. The lowest BCUT2D eigenvalue weighted by Crippen LogP contribution is -2.30. The summed E-state index contributed by atoms with van der Waals surface area (Å²) in [5.41, 5.74) is -2.45. The van der Waals surface area contributed by atoms with Gasteiger partial charge < -0.3 is 10.1 Å². The Labute approximate surface area is 117 Å². The third-order valence-corrected chi connectivity index (χ3v) is 2.21. The van der Waals surface area contributed by atoms with E-state index < -0.39 is 46.1 Å². The number of hydrogen-bond acceptors (Lipinski definition) is 4. The molecule has 0 aromatic heterocycles. The van der Waals surface area contributed by atoms with Crippen molar-refractivity contribution in [2.24, 2.45) is 0 Å². The first-order chi connectivity index (χ1) is 9.81. The van der Waals surface area contributed by atoms with Crippen molar-refractivity contribution >= 4 is 17.3 Å². The van der Waals surface area contributed by atoms with Gasteiger partial charge in [-0.1, -0.05) is 0 Å². The minimum atomic E-state index is -5.32. The minimum Gasteiger partial charge on any atom is -0.406 e. The fourth-order valence-electron chi connectivity index (χ4n) is 1.42. The molecule has 0 heterocycles. The molecule has 1 aromatic carbocycles. The number of nitrogens with one attached hydrogen (secondary N) is 1. The van der Waals surface area contributed by atoms with Crippen molar-refractivity contribution < 1.29 is 40.8 Å². The first kappa shape index (κ1) is 17.5. The third kappa shape index (κ3) is 4.49. The van der Waals surface area contributed by atoms with E-state index in [1.54, 1.807) is 0 Å². The van der Waals surface area contributed by atoms with E-state index in [0.29, 0.717) is 6.07 Å². The lowest BCUT2D eigenvalue weighted by atomic mass is 10.1. The summed E-state index contributed by atoms with van der Waals surface area (Å²) in [7, 11) is 0. The van der Waals surface area contributed by atoms with Crippen LogP contribution in [0.4, 0.5) is 37.7 Å². The van der Waals surface area contributed by atoms with Crippen LogP contribution in [0.3, 0.4) is 0 Å². The number of carbonyl (C=O) groups excluding carboxylic acids is 1. The van der Waals surface area contributed by atoms with E-state index >= 15 is 0 Å². The van der Waals surface area contributed by atoms with E-state index in [1.165, 1.54) is 5.32 Å². The smallest absolute Gasteiger partial charge is 0.406 e. The lowest BCUT2D eigenvalue weighted by molar-refractivity contribution is -0.384. The average molecular weight is 332 g/mol. The van der Waals surface area contributed by atoms with Crippen molar-refractivity contribution in [2.75, 3.05) is 5.32 Å². The molecule has 1 amide bonds. The first-order valence-corrected chi connectivity index (χ1v) is 5.24. The average Bonchev–Trinajstić information content (AvgIpc) is 2.28. The van der Waals surface area contributed by atoms with Gasteiger partial charge >= 0.3 is 18.4 Å². The van der Waals surface area contributed by atoms with Gasteiger partial charge in [-0.05, 0) is 18.6 Å². The summed E-state index contributed by atoms with van der Waals surface area (Å²) in [6.07, 6.45) is -10.5. The fourth-order valence-corrected chi connectivity index (χ4v) is 1.42. The molecule has 1 N–H and O–H groups in total. The number of carbonyl (C=O) groups is 1. The molecule has 1 aromatic rings. The Balaban J connectivity index is 3.29. The molecule has 6 nitrogen and oxygen atoms in total. The molecule has 0 unspecified atom stereocenters. The molecule has 0 spiro atoms. The van der Waals surface area contributed by atoms with Gasteiger partial charge in [0.1, 0.15) is 11.4 Å². The number of nitrogens with zero attached hydrogens (tertiary/aromatic N) is 1. The number of ether oxygens (including phenoxy) is 1. The molecule has 0 atom stereocenters. The van der Waals surface area contributed by atoms with Crippen LogP contribution in [-0.2, 0) is 4.79 Å². The van der Waals surface area contributed by atoms with Crippen molar-refractivity contribution in [1.82, 2.24) is 0 Å². The summed E-state index contributed by atoms with van der Waals surface area (Å²) >= 11 is 0. The Morgan fingerprint density at radius 2 is 1.77 bits per heavy atom. The van der Waals surface area contributed by atoms with Gasteiger partial charge in [0.05, 0.1) is 11.0 Å². The molecule has 0 radical (unpaired) electrons. The highest BCUT2D eigenvalue weighted by Gasteiger charge is 2.40. The molecule has 0 aliphatic rings. The standard InChI is InChI=1S/C10H6F6N2O4/c1-4-2-5(22-10(14,15)16)3-6(18(20)21)7(4)17-8(19)9(11,12)13/h2-3H,1H3,(H,17,19). The Morgan fingerprint density at radius 1 is 1.23 bits per heavy atom. The third-order valence-electron chi connectivity index (χ3n) is 2.21. The molecular weight excluding hydrogens is 326 g/mol. The number of hydrogen-bond donors (Lipinski definition) is 1. The van der Waals surface area contributed by atoms with Crippen LogP contribution in [0.2, 0.25) is 0 Å². The Kier molecular flexibility index (Phi) is 4.53. The highest BCUT2D eigenvalue weighted by Crippen LogP contribution is 2.36. The highest BCUT2D eigenvalue weighted by atomic mass is 19.4. The zero-order valence-electron chi connectivity index (χ0n) is 10.5. The maximum atomic E-state index is 12.1. The summed E-state index contributed by atoms with van der Waals surface area (Å²) < 4.78 is 76.1. The van der Waals surface area contributed by atoms with Gasteiger partial charge in [-0.25, -0.2) is 0 Å². The number of anilines is 1. The second kappa shape index (κ2) is 5.69. The summed E-state index contributed by atoms with van der Waals surface area (Å²) in [4.78, 5) is 20.3. The van der Waals surface area contributed by atoms with E-state index in [-0.39, 0.29) is 6.07 Å². The van der Waals surface area contributed by atoms with Crippen LogP contribution >= 0.6 is 0 Å². The van der Waals surface area contributed by atoms with Gasteiger partial charge in [0.15, 0.2) is 0 Å². The Bertz CT molecular complexity index is 611. The van der Waals surface area contributed by atoms with Gasteiger partial charge in [-0.3, -0.25) is 14.9 Å². The van der Waals surface area contributed by atoms with E-state index in [4.69, 9.17) is 0 Å². The predicted octanol–water partition coefficient (Wildman–Crippen LogP) is 3.30. The largest absolute Gasteiger partial charge is 0.573 e. The number of alkyl halides is 6. The van der Waals surface area contributed by atoms with Crippen molar-refractivity contribution in [1.29, 1.82) is 0 Å². The predicted molar refractivity (Wildman–Crippen MR) is 59.2 cm³/mol. The molecule has 12 heteroatoms. The van der Waals surface area contributed by atoms with Crippen LogP contribution in [0.5, 0.6) is 5.75 Å². The molecule has 0 saturated heterocycles. The number of nitro groups is 1. The molecule has 1 rings (SSSR count). The number of nitro benzene ring substituents is 1. The van der Waals surface area contributed by atoms with Gasteiger partial charge in [0.25, 0.3) is 5.69 Å². The summed E-state index contributed by atoms with van der Waals surface area (Å²) in [5.74, 6) is -3.50. The van der Waals surface area contributed by atoms with Crippen LogP contribution in [0.15, 0.2) is 12.1 Å². The second-order valence-electron chi connectivity index (χ2n) is 3.89. The molecule has 22 heavy (non-hydrogen) atoms. The van der Waals surface area contributed by atoms with Crippen LogP contribution < -0.4 is 10.1 Å². The molecule has 0 aliphatic carbocycles. The van der Waals surface area contributed by atoms with Gasteiger partial charge in [0, 0.05) is 0 Å². The zero-order chi connectivity index (χ0) is 17.3. The molecule has 0 aliphatic heterocycles. The van der Waals surface area contributed by atoms with Crippen molar-refractivity contribution in [3.05, 3.63) is 27.8 Å². The van der Waals surface area contributed by atoms with Gasteiger partial charge in [0.2, 0.25) is 0 Å². The quantitative estimate of drug-likeness (QED) is 0.523. The Hall–Kier alpha value is -2.53. The monoisotopic (exact) mass is 332 g/mol. The normalized spacial score (nSPS) is 12.0. The number of aryl methyl sites for hydroxylation is 1. The van der Waals surface area contributed by atoms with Crippen molar-refractivity contribution in [3.63, 3.8) is 0 Å². The van der Waals surface area contributed by atoms with E-state index in [9.17, 15) is 41.3 Å². The number of halogens is 6. The maximum Gasteiger partial charge on any atom is 0.573 e. The van der Waals surface area contributed by atoms with Crippen LogP contribution in [0.1, 0.15) is 5.56 Å². The van der Waals surface area contributed by atoms with Crippen LogP contribution in [0.25, 0.3) is 0 Å². The highest BCUT2D eigenvalue weighted by molar-refractivity contribution is 5.97. The van der Waals surface area contributed by atoms with Crippen LogP contribution in [0, 0.1) is 17.0 Å². The SMILES string of the molecule is Cc1cc(OC(F)(F)F)cc([N+](=O)[O-])c1NC(=O)C(F)(F)F. The molecule has 0 bridgehead atoms. The molecule has 122 valence electrons. The Morgan fingerprint density at radius 3 is 2.18 bits per heavy atom. The van der Waals surface area contributed by atoms with E-state index in [0.717, 1.165) is 6.92 Å². The van der Waals surface area contributed by atoms with Crippen LogP contribution in [-0.4, -0.2) is 23.4 Å². The van der Waals surface area contributed by atoms with Crippen molar-refractivity contribution in [3.8, 4) is 5.75 Å². The summed E-state index contributed by atoms with van der Waals surface area (Å²) in [6.45, 7) is 0.974. The van der Waals surface area contributed by atoms with E-state index in [2.05, 4.69) is 4.74 Å². The minimum absolute atomic E-state index is 0.256. The molecule has 0 fully saturated rings. The van der Waals surface area contributed by atoms with Gasteiger partial charge in [-0.15, -0.1) is 13.2 Å². The number of rotatable bonds is 3. The topological polar surface area (TPSA) is 81.5 Å². The lowest BCUT2D eigenvalue weighted by Gasteiger charge is -2.13. The van der Waals surface area contributed by atoms with Crippen molar-refractivity contribution in [2.45, 2.75) is 19.5 Å². The fraction of sp³-hybridized carbons (Fsp3) is 0.300. The first-order valence-electron chi connectivity index (χ1n) is 5.24.